The first-order valence-corrected chi connectivity index (χ1v) is 4.23. The molecular weight excluding hydrogens is 117 g/mol. The predicted molar refractivity (Wildman–Crippen MR) is 39.2 cm³/mol. The number of hydrogen-bond donors (Lipinski definition) is 1. The normalized spacial score (nSPS) is 18.9. The van der Waals surface area contributed by atoms with Crippen molar-refractivity contribution < 1.29 is 0 Å². The second-order valence-corrected chi connectivity index (χ2v) is 2.69. The van der Waals surface area contributed by atoms with Gasteiger partial charge in [0.15, 0.2) is 0 Å². The summed E-state index contributed by atoms with van der Waals surface area (Å²) in [6, 6.07) is 0. The molecule has 1 atom stereocenters. The van der Waals surface area contributed by atoms with Crippen molar-refractivity contribution >= 4 is 8.58 Å². The third-order valence-electron chi connectivity index (χ3n) is 1.08. The van der Waals surface area contributed by atoms with Crippen molar-refractivity contribution in [3.05, 3.63) is 23.8 Å². The smallest absolute Gasteiger partial charge is 0.0311 e. The Morgan fingerprint density at radius 2 is 2.62 bits per heavy atom. The minimum atomic E-state index is 0.906. The molecule has 0 aromatic carbocycles. The van der Waals surface area contributed by atoms with Crippen molar-refractivity contribution in [1.29, 1.82) is 0 Å². The maximum absolute atomic E-state index is 3.16. The summed E-state index contributed by atoms with van der Waals surface area (Å²) in [6.45, 7) is 2.18. The summed E-state index contributed by atoms with van der Waals surface area (Å²) in [5.74, 6) is 0. The number of dihydropyridines is 1. The van der Waals surface area contributed by atoms with Crippen molar-refractivity contribution in [2.45, 2.75) is 6.42 Å². The highest BCUT2D eigenvalue weighted by Crippen LogP contribution is 2.17. The van der Waals surface area contributed by atoms with Gasteiger partial charge >= 0.3 is 0 Å². The zero-order valence-electron chi connectivity index (χ0n) is 4.94. The highest BCUT2D eigenvalue weighted by atomic mass is 31.1. The Labute approximate surface area is 51.6 Å². The Morgan fingerprint density at radius 3 is 3.00 bits per heavy atom. The lowest BCUT2D eigenvalue weighted by Crippen LogP contribution is -2.02. The van der Waals surface area contributed by atoms with Gasteiger partial charge in [0.1, 0.15) is 0 Å². The average Bonchev–Trinajstić information content (AvgIpc) is 1.90. The summed E-state index contributed by atoms with van der Waals surface area (Å²) in [7, 11) is 0.906. The molecule has 0 fully saturated rings. The van der Waals surface area contributed by atoms with Gasteiger partial charge < -0.3 is 5.32 Å². The van der Waals surface area contributed by atoms with Gasteiger partial charge in [0.05, 0.1) is 0 Å². The molecule has 1 N–H and O–H groups in total. The minimum absolute atomic E-state index is 0.906. The number of rotatable bonds is 1. The van der Waals surface area contributed by atoms with Crippen molar-refractivity contribution in [2.75, 3.05) is 6.66 Å². The molecule has 0 bridgehead atoms. The molecule has 1 nitrogen and oxygen atoms in total. The summed E-state index contributed by atoms with van der Waals surface area (Å²) in [5, 5.41) is 3.16. The molecule has 0 saturated heterocycles. The van der Waals surface area contributed by atoms with Gasteiger partial charge in [0, 0.05) is 5.44 Å². The van der Waals surface area contributed by atoms with E-state index in [9.17, 15) is 0 Å². The first-order valence-electron chi connectivity index (χ1n) is 2.73. The first-order chi connectivity index (χ1) is 3.93. The molecule has 0 aromatic heterocycles. The highest BCUT2D eigenvalue weighted by molar-refractivity contribution is 7.42. The van der Waals surface area contributed by atoms with Gasteiger partial charge in [-0.2, -0.15) is 0 Å². The fourth-order valence-corrected chi connectivity index (χ4v) is 1.19. The quantitative estimate of drug-likeness (QED) is 0.528. The zero-order valence-corrected chi connectivity index (χ0v) is 5.94. The fourth-order valence-electron chi connectivity index (χ4n) is 0.636. The summed E-state index contributed by atoms with van der Waals surface area (Å²) < 4.78 is 0. The molecule has 1 aliphatic rings. The lowest BCUT2D eigenvalue weighted by atomic mass is 10.3. The van der Waals surface area contributed by atoms with Crippen molar-refractivity contribution in [3.8, 4) is 0 Å². The van der Waals surface area contributed by atoms with Crippen LogP contribution in [0.5, 0.6) is 0 Å². The van der Waals surface area contributed by atoms with Crippen LogP contribution in [0.25, 0.3) is 0 Å². The Hall–Kier alpha value is -0.290. The second-order valence-electron chi connectivity index (χ2n) is 1.65. The van der Waals surface area contributed by atoms with Gasteiger partial charge in [-0.25, -0.2) is 0 Å². The molecule has 1 aliphatic heterocycles. The van der Waals surface area contributed by atoms with Gasteiger partial charge in [-0.05, 0) is 19.3 Å². The molecule has 2 heteroatoms. The summed E-state index contributed by atoms with van der Waals surface area (Å²) in [4.78, 5) is 0. The van der Waals surface area contributed by atoms with Crippen molar-refractivity contribution in [2.24, 2.45) is 0 Å². The average molecular weight is 127 g/mol. The van der Waals surface area contributed by atoms with E-state index in [2.05, 4.69) is 24.1 Å². The van der Waals surface area contributed by atoms with E-state index in [0.29, 0.717) is 0 Å². The maximum Gasteiger partial charge on any atom is 0.0311 e. The number of hydrogen-bond acceptors (Lipinski definition) is 1. The van der Waals surface area contributed by atoms with Crippen LogP contribution < -0.4 is 5.32 Å². The molecule has 8 heavy (non-hydrogen) atoms. The van der Waals surface area contributed by atoms with E-state index in [0.717, 1.165) is 15.0 Å². The molecule has 0 amide bonds. The third kappa shape index (κ3) is 1.34. The number of allylic oxidation sites excluding steroid dienone is 2. The van der Waals surface area contributed by atoms with Gasteiger partial charge in [0.2, 0.25) is 0 Å². The summed E-state index contributed by atoms with van der Waals surface area (Å²) in [5.41, 5.74) is 1.37. The van der Waals surface area contributed by atoms with Gasteiger partial charge in [-0.3, -0.25) is 0 Å². The Balaban J connectivity index is 2.43. The molecule has 0 radical (unpaired) electrons. The van der Waals surface area contributed by atoms with E-state index in [1.165, 1.54) is 5.44 Å². The van der Waals surface area contributed by atoms with Gasteiger partial charge in [-0.1, -0.05) is 20.7 Å². The first kappa shape index (κ1) is 5.84. The van der Waals surface area contributed by atoms with Crippen LogP contribution in [0.2, 0.25) is 0 Å². The number of nitrogens with one attached hydrogen (secondary N) is 1. The molecule has 0 aromatic rings. The molecule has 0 aliphatic carbocycles. The van der Waals surface area contributed by atoms with E-state index >= 15 is 0 Å². The van der Waals surface area contributed by atoms with Crippen molar-refractivity contribution in [3.63, 3.8) is 0 Å². The Morgan fingerprint density at radius 1 is 1.75 bits per heavy atom. The molecule has 1 unspecified atom stereocenters. The van der Waals surface area contributed by atoms with Gasteiger partial charge in [-0.15, -0.1) is 0 Å². The zero-order chi connectivity index (χ0) is 5.82. The van der Waals surface area contributed by atoms with Crippen LogP contribution in [-0.4, -0.2) is 6.66 Å². The van der Waals surface area contributed by atoms with Crippen LogP contribution in [-0.2, 0) is 0 Å². The van der Waals surface area contributed by atoms with Gasteiger partial charge in [0.25, 0.3) is 0 Å². The van der Waals surface area contributed by atoms with Crippen LogP contribution >= 0.6 is 8.58 Å². The van der Waals surface area contributed by atoms with Crippen LogP contribution in [0, 0.1) is 0 Å². The van der Waals surface area contributed by atoms with E-state index in [1.807, 2.05) is 6.20 Å². The highest BCUT2D eigenvalue weighted by Gasteiger charge is 1.90. The molecule has 44 valence electrons. The van der Waals surface area contributed by atoms with Crippen LogP contribution in [0.1, 0.15) is 6.42 Å². The van der Waals surface area contributed by atoms with E-state index in [-0.39, 0.29) is 0 Å². The Kier molecular flexibility index (Phi) is 2.11. The topological polar surface area (TPSA) is 12.0 Å². The van der Waals surface area contributed by atoms with Crippen LogP contribution in [0.4, 0.5) is 0 Å². The van der Waals surface area contributed by atoms with E-state index in [1.54, 1.807) is 0 Å². The summed E-state index contributed by atoms with van der Waals surface area (Å²) >= 11 is 0. The second kappa shape index (κ2) is 2.88. The fraction of sp³-hybridized carbons (Fsp3) is 0.333. The largest absolute Gasteiger partial charge is 0.362 e. The monoisotopic (exact) mass is 127 g/mol. The maximum atomic E-state index is 3.16. The third-order valence-corrected chi connectivity index (χ3v) is 1.97. The van der Waals surface area contributed by atoms with Crippen LogP contribution in [0.3, 0.4) is 0 Å². The molecular formula is C6H10NP. The van der Waals surface area contributed by atoms with E-state index in [4.69, 9.17) is 0 Å². The van der Waals surface area contributed by atoms with Crippen molar-refractivity contribution in [1.82, 2.24) is 5.32 Å². The molecule has 0 saturated carbocycles. The minimum Gasteiger partial charge on any atom is -0.362 e. The summed E-state index contributed by atoms with van der Waals surface area (Å²) in [6.07, 6.45) is 7.44. The van der Waals surface area contributed by atoms with Crippen LogP contribution in [0.15, 0.2) is 23.8 Å². The standard InChI is InChI=1S/C6H10NP/c1-8-6-4-2-3-5-7-6/h3-5,7-8H,2H2,1H3. The SMILES string of the molecule is CPC1=CCC=CN1. The Bertz CT molecular complexity index is 126. The molecule has 1 heterocycles. The molecule has 0 spiro atoms. The molecule has 1 rings (SSSR count). The lowest BCUT2D eigenvalue weighted by Gasteiger charge is -2.06. The van der Waals surface area contributed by atoms with E-state index < -0.39 is 0 Å². The lowest BCUT2D eigenvalue weighted by molar-refractivity contribution is 1.09. The predicted octanol–water partition coefficient (Wildman–Crippen LogP) is 1.64.